The van der Waals surface area contributed by atoms with Gasteiger partial charge in [-0.15, -0.1) is 0 Å². The van der Waals surface area contributed by atoms with E-state index in [9.17, 15) is 20.2 Å². The molecule has 9 nitrogen and oxygen atoms in total. The van der Waals surface area contributed by atoms with Crippen molar-refractivity contribution in [3.05, 3.63) is 68.4 Å². The van der Waals surface area contributed by atoms with Crippen molar-refractivity contribution in [1.82, 2.24) is 0 Å². The summed E-state index contributed by atoms with van der Waals surface area (Å²) in [5.74, 6) is 0.328. The SMILES string of the molecule is O=[N+]([O-])c1c[nH+]c(N2CC[NH+](Cc3ccccc3)CC2)c([N+](=O)[O-])c1. The van der Waals surface area contributed by atoms with Gasteiger partial charge in [0.05, 0.1) is 9.85 Å². The Balaban J connectivity index is 1.70. The first-order valence-electron chi connectivity index (χ1n) is 8.01. The Bertz CT molecular complexity index is 775. The topological polar surface area (TPSA) is 108 Å². The van der Waals surface area contributed by atoms with Crippen LogP contribution in [0.4, 0.5) is 17.2 Å². The fourth-order valence-corrected chi connectivity index (χ4v) is 3.07. The van der Waals surface area contributed by atoms with Gasteiger partial charge in [-0.2, -0.15) is 0 Å². The molecule has 0 unspecified atom stereocenters. The highest BCUT2D eigenvalue weighted by Gasteiger charge is 2.34. The van der Waals surface area contributed by atoms with Gasteiger partial charge in [0.1, 0.15) is 38.8 Å². The molecule has 0 radical (unpaired) electrons. The van der Waals surface area contributed by atoms with Crippen LogP contribution in [0, 0.1) is 20.2 Å². The highest BCUT2D eigenvalue weighted by Crippen LogP contribution is 2.26. The van der Waals surface area contributed by atoms with E-state index in [4.69, 9.17) is 0 Å². The van der Waals surface area contributed by atoms with Crippen LogP contribution < -0.4 is 14.8 Å². The van der Waals surface area contributed by atoms with Crippen LogP contribution >= 0.6 is 0 Å². The molecule has 0 amide bonds. The number of piperazine rings is 1. The van der Waals surface area contributed by atoms with E-state index in [-0.39, 0.29) is 11.4 Å². The summed E-state index contributed by atoms with van der Waals surface area (Å²) in [7, 11) is 0. The van der Waals surface area contributed by atoms with Crippen molar-refractivity contribution >= 4 is 17.2 Å². The number of benzene rings is 1. The Labute approximate surface area is 143 Å². The Kier molecular flexibility index (Phi) is 4.85. The Morgan fingerprint density at radius 3 is 2.36 bits per heavy atom. The second kappa shape index (κ2) is 7.22. The zero-order valence-electron chi connectivity index (χ0n) is 13.6. The van der Waals surface area contributed by atoms with Crippen molar-refractivity contribution in [3.8, 4) is 0 Å². The van der Waals surface area contributed by atoms with Gasteiger partial charge in [0.15, 0.2) is 6.20 Å². The van der Waals surface area contributed by atoms with Gasteiger partial charge in [0.2, 0.25) is 0 Å². The summed E-state index contributed by atoms with van der Waals surface area (Å²) in [5.41, 5.74) is 0.684. The number of rotatable bonds is 5. The van der Waals surface area contributed by atoms with E-state index in [1.54, 1.807) is 0 Å². The first-order valence-corrected chi connectivity index (χ1v) is 8.01. The van der Waals surface area contributed by atoms with Crippen LogP contribution in [-0.4, -0.2) is 36.0 Å². The van der Waals surface area contributed by atoms with Gasteiger partial charge in [0, 0.05) is 5.56 Å². The molecule has 1 aliphatic heterocycles. The Morgan fingerprint density at radius 2 is 1.76 bits per heavy atom. The van der Waals surface area contributed by atoms with Crippen LogP contribution in [0.1, 0.15) is 5.56 Å². The lowest BCUT2D eigenvalue weighted by Crippen LogP contribution is -3.13. The fourth-order valence-electron chi connectivity index (χ4n) is 3.07. The predicted molar refractivity (Wildman–Crippen MR) is 89.4 cm³/mol. The van der Waals surface area contributed by atoms with Crippen LogP contribution in [0.5, 0.6) is 0 Å². The average Bonchev–Trinajstić information content (AvgIpc) is 2.62. The summed E-state index contributed by atoms with van der Waals surface area (Å²) in [6.45, 7) is 3.91. The van der Waals surface area contributed by atoms with Crippen molar-refractivity contribution in [1.29, 1.82) is 0 Å². The van der Waals surface area contributed by atoms with E-state index in [1.165, 1.54) is 16.7 Å². The van der Waals surface area contributed by atoms with Crippen molar-refractivity contribution in [3.63, 3.8) is 0 Å². The van der Waals surface area contributed by atoms with Crippen LogP contribution in [0.15, 0.2) is 42.6 Å². The maximum atomic E-state index is 11.3. The molecule has 0 spiro atoms. The molecule has 0 aliphatic carbocycles. The minimum absolute atomic E-state index is 0.263. The summed E-state index contributed by atoms with van der Waals surface area (Å²) in [6.07, 6.45) is 1.20. The lowest BCUT2D eigenvalue weighted by molar-refractivity contribution is -0.914. The highest BCUT2D eigenvalue weighted by molar-refractivity contribution is 5.57. The number of aromatic amines is 1. The van der Waals surface area contributed by atoms with Gasteiger partial charge in [-0.1, -0.05) is 30.3 Å². The minimum atomic E-state index is -0.644. The number of nitrogens with one attached hydrogen (secondary N) is 2. The number of pyridine rings is 1. The maximum Gasteiger partial charge on any atom is 0.364 e. The molecule has 3 rings (SSSR count). The van der Waals surface area contributed by atoms with E-state index >= 15 is 0 Å². The second-order valence-electron chi connectivity index (χ2n) is 6.01. The van der Waals surface area contributed by atoms with E-state index in [0.29, 0.717) is 18.9 Å². The maximum absolute atomic E-state index is 11.3. The third-order valence-electron chi connectivity index (χ3n) is 4.38. The standard InChI is InChI=1S/C16H17N5O4/c22-20(23)14-10-15(21(24)25)16(17-11-14)19-8-6-18(7-9-19)12-13-4-2-1-3-5-13/h1-5,10-11H,6-9,12H2/p+2. The zero-order chi connectivity index (χ0) is 17.8. The highest BCUT2D eigenvalue weighted by atomic mass is 16.6. The number of nitrogens with zero attached hydrogens (tertiary/aromatic N) is 3. The fraction of sp³-hybridized carbons (Fsp3) is 0.312. The molecule has 0 atom stereocenters. The molecular weight excluding hydrogens is 326 g/mol. The third-order valence-corrected chi connectivity index (χ3v) is 4.38. The largest absolute Gasteiger partial charge is 0.364 e. The molecule has 2 aromatic rings. The van der Waals surface area contributed by atoms with Crippen molar-refractivity contribution in [2.45, 2.75) is 6.54 Å². The summed E-state index contributed by atoms with van der Waals surface area (Å²) in [5, 5.41) is 22.1. The molecular formula is C16H19N5O4+2. The summed E-state index contributed by atoms with van der Waals surface area (Å²) in [6, 6.07) is 11.2. The molecule has 1 aromatic heterocycles. The quantitative estimate of drug-likeness (QED) is 0.616. The molecule has 1 fully saturated rings. The van der Waals surface area contributed by atoms with Crippen molar-refractivity contribution in [2.24, 2.45) is 0 Å². The molecule has 130 valence electrons. The molecule has 0 bridgehead atoms. The number of anilines is 1. The number of H-pyrrole nitrogens is 1. The van der Waals surface area contributed by atoms with Crippen molar-refractivity contribution in [2.75, 3.05) is 31.1 Å². The molecule has 25 heavy (non-hydrogen) atoms. The molecule has 9 heteroatoms. The molecule has 0 saturated carbocycles. The summed E-state index contributed by atoms with van der Waals surface area (Å²) in [4.78, 5) is 26.9. The summed E-state index contributed by atoms with van der Waals surface area (Å²) >= 11 is 0. The Morgan fingerprint density at radius 1 is 1.08 bits per heavy atom. The lowest BCUT2D eigenvalue weighted by Gasteiger charge is -2.28. The van der Waals surface area contributed by atoms with E-state index in [0.717, 1.165) is 25.7 Å². The van der Waals surface area contributed by atoms with E-state index in [1.807, 2.05) is 23.1 Å². The first-order chi connectivity index (χ1) is 12.0. The number of hydrogen-bond acceptors (Lipinski definition) is 5. The lowest BCUT2D eigenvalue weighted by atomic mass is 10.2. The van der Waals surface area contributed by atoms with Gasteiger partial charge in [-0.25, -0.2) is 9.88 Å². The van der Waals surface area contributed by atoms with E-state index in [2.05, 4.69) is 17.1 Å². The van der Waals surface area contributed by atoms with Gasteiger partial charge < -0.3 is 4.90 Å². The number of aromatic nitrogens is 1. The van der Waals surface area contributed by atoms with Gasteiger partial charge in [0.25, 0.3) is 0 Å². The first kappa shape index (κ1) is 16.8. The average molecular weight is 345 g/mol. The zero-order valence-corrected chi connectivity index (χ0v) is 13.6. The normalized spacial score (nSPS) is 15.1. The smallest absolute Gasteiger partial charge is 0.325 e. The van der Waals surface area contributed by atoms with E-state index < -0.39 is 9.85 Å². The number of quaternary nitrogens is 1. The molecule has 1 aliphatic rings. The van der Waals surface area contributed by atoms with Crippen LogP contribution in [0.25, 0.3) is 0 Å². The molecule has 1 saturated heterocycles. The minimum Gasteiger partial charge on any atom is -0.325 e. The van der Waals surface area contributed by atoms with Crippen LogP contribution in [0.2, 0.25) is 0 Å². The van der Waals surface area contributed by atoms with Crippen LogP contribution in [-0.2, 0) is 6.54 Å². The number of nitro groups is 2. The monoisotopic (exact) mass is 345 g/mol. The van der Waals surface area contributed by atoms with Gasteiger partial charge in [-0.3, -0.25) is 20.2 Å². The van der Waals surface area contributed by atoms with Crippen molar-refractivity contribution < 1.29 is 19.7 Å². The van der Waals surface area contributed by atoms with Gasteiger partial charge in [-0.05, 0) is 0 Å². The molecule has 2 heterocycles. The van der Waals surface area contributed by atoms with Gasteiger partial charge >= 0.3 is 17.2 Å². The second-order valence-corrected chi connectivity index (χ2v) is 6.01. The third kappa shape index (κ3) is 3.89. The number of hydrogen-bond donors (Lipinski definition) is 1. The van der Waals surface area contributed by atoms with Crippen LogP contribution in [0.3, 0.4) is 0 Å². The molecule has 2 N–H and O–H groups in total. The predicted octanol–water partition coefficient (Wildman–Crippen LogP) is 0.222. The summed E-state index contributed by atoms with van der Waals surface area (Å²) < 4.78 is 0. The molecule has 1 aromatic carbocycles. The Hall–Kier alpha value is -3.07.